The van der Waals surface area contributed by atoms with E-state index in [1.165, 1.54) is 0 Å². The summed E-state index contributed by atoms with van der Waals surface area (Å²) in [6.07, 6.45) is 1.73. The first-order valence-electron chi connectivity index (χ1n) is 6.81. The Kier molecular flexibility index (Phi) is 4.98. The second-order valence-electron chi connectivity index (χ2n) is 4.96. The van der Waals surface area contributed by atoms with Crippen molar-refractivity contribution in [2.24, 2.45) is 5.73 Å². The lowest BCUT2D eigenvalue weighted by molar-refractivity contribution is -0.119. The summed E-state index contributed by atoms with van der Waals surface area (Å²) >= 11 is 0. The molecule has 0 radical (unpaired) electrons. The average molecular weight is 270 g/mol. The van der Waals surface area contributed by atoms with Gasteiger partial charge in [0, 0.05) is 19.1 Å². The second kappa shape index (κ2) is 6.72. The molecular formula is C12H22N4O3. The number of nitrogens with zero attached hydrogens (tertiary/aromatic N) is 2. The number of hydrogen-bond donors (Lipinski definition) is 2. The molecule has 2 fully saturated rings. The molecular weight excluding hydrogens is 248 g/mol. The third kappa shape index (κ3) is 3.81. The quantitative estimate of drug-likeness (QED) is 0.687. The molecule has 108 valence electrons. The first-order chi connectivity index (χ1) is 9.18. The summed E-state index contributed by atoms with van der Waals surface area (Å²) in [4.78, 5) is 27.1. The molecule has 3 amide bonds. The summed E-state index contributed by atoms with van der Waals surface area (Å²) in [6, 6.07) is 0.0121. The molecule has 0 aromatic heterocycles. The van der Waals surface area contributed by atoms with Crippen LogP contribution in [0.15, 0.2) is 0 Å². The maximum Gasteiger partial charge on any atom is 0.320 e. The minimum Gasteiger partial charge on any atom is -0.378 e. The number of rotatable bonds is 3. The average Bonchev–Trinajstić information content (AvgIpc) is 2.46. The van der Waals surface area contributed by atoms with Crippen LogP contribution in [0.25, 0.3) is 0 Å². The molecule has 7 nitrogen and oxygen atoms in total. The van der Waals surface area contributed by atoms with Crippen LogP contribution in [0.4, 0.5) is 4.79 Å². The summed E-state index contributed by atoms with van der Waals surface area (Å²) in [5.41, 5.74) is 5.28. The van der Waals surface area contributed by atoms with Gasteiger partial charge in [-0.3, -0.25) is 4.79 Å². The van der Waals surface area contributed by atoms with E-state index in [4.69, 9.17) is 10.5 Å². The molecule has 7 heteroatoms. The third-order valence-electron chi connectivity index (χ3n) is 3.60. The Balaban J connectivity index is 2.02. The van der Waals surface area contributed by atoms with Crippen LogP contribution in [0, 0.1) is 0 Å². The monoisotopic (exact) mass is 270 g/mol. The van der Waals surface area contributed by atoms with E-state index in [1.807, 2.05) is 0 Å². The number of carbonyl (C=O) groups excluding carboxylic acids is 2. The highest BCUT2D eigenvalue weighted by Gasteiger charge is 2.30. The van der Waals surface area contributed by atoms with Gasteiger partial charge in [0.1, 0.15) is 6.54 Å². The smallest absolute Gasteiger partial charge is 0.320 e. The Bertz CT molecular complexity index is 325. The minimum absolute atomic E-state index is 0.000850. The van der Waals surface area contributed by atoms with Crippen molar-refractivity contribution in [3.63, 3.8) is 0 Å². The van der Waals surface area contributed by atoms with Crippen molar-refractivity contribution in [3.05, 3.63) is 0 Å². The van der Waals surface area contributed by atoms with Crippen molar-refractivity contribution in [2.75, 3.05) is 45.9 Å². The zero-order valence-corrected chi connectivity index (χ0v) is 11.1. The van der Waals surface area contributed by atoms with E-state index in [1.54, 1.807) is 9.80 Å². The first-order valence-corrected chi connectivity index (χ1v) is 6.81. The fourth-order valence-corrected chi connectivity index (χ4v) is 2.58. The zero-order valence-electron chi connectivity index (χ0n) is 11.1. The lowest BCUT2D eigenvalue weighted by Gasteiger charge is -2.38. The van der Waals surface area contributed by atoms with E-state index in [2.05, 4.69) is 5.32 Å². The molecule has 2 aliphatic rings. The number of ether oxygens (including phenoxy) is 1. The topological polar surface area (TPSA) is 87.9 Å². The van der Waals surface area contributed by atoms with E-state index in [-0.39, 0.29) is 18.6 Å². The minimum atomic E-state index is -0.458. The van der Waals surface area contributed by atoms with Crippen molar-refractivity contribution in [1.82, 2.24) is 15.1 Å². The van der Waals surface area contributed by atoms with Gasteiger partial charge in [-0.1, -0.05) is 0 Å². The fraction of sp³-hybridized carbons (Fsp3) is 0.833. The molecule has 19 heavy (non-hydrogen) atoms. The fourth-order valence-electron chi connectivity index (χ4n) is 2.58. The highest BCUT2D eigenvalue weighted by atomic mass is 16.5. The summed E-state index contributed by atoms with van der Waals surface area (Å²) in [5.74, 6) is -0.458. The highest BCUT2D eigenvalue weighted by molar-refractivity contribution is 5.83. The Morgan fingerprint density at radius 2 is 1.89 bits per heavy atom. The summed E-state index contributed by atoms with van der Waals surface area (Å²) < 4.78 is 5.24. The molecule has 0 atom stereocenters. The van der Waals surface area contributed by atoms with E-state index < -0.39 is 5.91 Å². The summed E-state index contributed by atoms with van der Waals surface area (Å²) in [5, 5.41) is 3.25. The van der Waals surface area contributed by atoms with Crippen LogP contribution in [0.2, 0.25) is 0 Å². The molecule has 0 spiro atoms. The van der Waals surface area contributed by atoms with E-state index in [0.717, 1.165) is 25.9 Å². The zero-order chi connectivity index (χ0) is 13.7. The number of carbonyl (C=O) groups is 2. The molecule has 0 saturated carbocycles. The molecule has 0 aromatic carbocycles. The molecule has 2 aliphatic heterocycles. The number of nitrogens with two attached hydrogens (primary N) is 1. The maximum absolute atomic E-state index is 12.5. The van der Waals surface area contributed by atoms with Gasteiger partial charge < -0.3 is 25.6 Å². The van der Waals surface area contributed by atoms with Gasteiger partial charge in [0.2, 0.25) is 5.91 Å². The lowest BCUT2D eigenvalue weighted by atomic mass is 10.1. The van der Waals surface area contributed by atoms with Crippen LogP contribution >= 0.6 is 0 Å². The summed E-state index contributed by atoms with van der Waals surface area (Å²) in [7, 11) is 0. The number of primary amides is 1. The Morgan fingerprint density at radius 3 is 2.47 bits per heavy atom. The lowest BCUT2D eigenvalue weighted by Crippen LogP contribution is -2.55. The highest BCUT2D eigenvalue weighted by Crippen LogP contribution is 2.14. The van der Waals surface area contributed by atoms with Crippen molar-refractivity contribution < 1.29 is 14.3 Å². The van der Waals surface area contributed by atoms with Crippen molar-refractivity contribution in [2.45, 2.75) is 18.9 Å². The number of urea groups is 1. The molecule has 0 aromatic rings. The predicted molar refractivity (Wildman–Crippen MR) is 69.6 cm³/mol. The van der Waals surface area contributed by atoms with Gasteiger partial charge >= 0.3 is 6.03 Å². The number of morpholine rings is 1. The van der Waals surface area contributed by atoms with E-state index >= 15 is 0 Å². The normalized spacial score (nSPS) is 21.2. The van der Waals surface area contributed by atoms with Gasteiger partial charge in [-0.2, -0.15) is 0 Å². The maximum atomic E-state index is 12.5. The van der Waals surface area contributed by atoms with E-state index in [9.17, 15) is 9.59 Å². The third-order valence-corrected chi connectivity index (χ3v) is 3.60. The molecule has 2 rings (SSSR count). The number of hydrogen-bond acceptors (Lipinski definition) is 4. The molecule has 0 aliphatic carbocycles. The van der Waals surface area contributed by atoms with Crippen molar-refractivity contribution in [3.8, 4) is 0 Å². The Hall–Kier alpha value is -1.34. The molecule has 0 unspecified atom stereocenters. The number of nitrogens with one attached hydrogen (secondary N) is 1. The molecule has 3 N–H and O–H groups in total. The molecule has 2 heterocycles. The van der Waals surface area contributed by atoms with Crippen LogP contribution < -0.4 is 11.1 Å². The summed E-state index contributed by atoms with van der Waals surface area (Å²) in [6.45, 7) is 4.02. The van der Waals surface area contributed by atoms with Crippen LogP contribution in [0.1, 0.15) is 12.8 Å². The Labute approximate surface area is 113 Å². The van der Waals surface area contributed by atoms with Gasteiger partial charge in [-0.25, -0.2) is 4.79 Å². The predicted octanol–water partition coefficient (Wildman–Crippen LogP) is -1.02. The number of piperidine rings is 1. The largest absolute Gasteiger partial charge is 0.378 e. The van der Waals surface area contributed by atoms with Crippen molar-refractivity contribution in [1.29, 1.82) is 0 Å². The second-order valence-corrected chi connectivity index (χ2v) is 4.96. The molecule has 2 saturated heterocycles. The SMILES string of the molecule is NC(=O)CN(C(=O)N1CCOCC1)C1CCNCC1. The van der Waals surface area contributed by atoms with Gasteiger partial charge in [0.25, 0.3) is 0 Å². The standard InChI is InChI=1S/C12H22N4O3/c13-11(17)9-16(10-1-3-14-4-2-10)12(18)15-5-7-19-8-6-15/h10,14H,1-9H2,(H2,13,17). The van der Waals surface area contributed by atoms with Crippen LogP contribution in [-0.2, 0) is 9.53 Å². The van der Waals surface area contributed by atoms with Crippen LogP contribution in [0.3, 0.4) is 0 Å². The van der Waals surface area contributed by atoms with Gasteiger partial charge in [0.05, 0.1) is 13.2 Å². The first kappa shape index (κ1) is 14.1. The van der Waals surface area contributed by atoms with Crippen LogP contribution in [-0.4, -0.2) is 73.7 Å². The van der Waals surface area contributed by atoms with Crippen molar-refractivity contribution >= 4 is 11.9 Å². The van der Waals surface area contributed by atoms with E-state index in [0.29, 0.717) is 26.3 Å². The van der Waals surface area contributed by atoms with Gasteiger partial charge in [-0.05, 0) is 25.9 Å². The van der Waals surface area contributed by atoms with Gasteiger partial charge in [-0.15, -0.1) is 0 Å². The molecule has 0 bridgehead atoms. The van der Waals surface area contributed by atoms with Crippen LogP contribution in [0.5, 0.6) is 0 Å². The Morgan fingerprint density at radius 1 is 1.26 bits per heavy atom. The van der Waals surface area contributed by atoms with Gasteiger partial charge in [0.15, 0.2) is 0 Å². The number of amides is 3.